The van der Waals surface area contributed by atoms with Gasteiger partial charge in [-0.2, -0.15) is 0 Å². The van der Waals surface area contributed by atoms with Crippen molar-refractivity contribution < 1.29 is 23.9 Å². The number of cyclic esters (lactones) is 1. The number of ketones is 1. The maximum absolute atomic E-state index is 13.6. The van der Waals surface area contributed by atoms with Crippen molar-refractivity contribution in [1.82, 2.24) is 0 Å². The van der Waals surface area contributed by atoms with Crippen molar-refractivity contribution in [3.8, 4) is 0 Å². The zero-order chi connectivity index (χ0) is 23.2. The van der Waals surface area contributed by atoms with Gasteiger partial charge in [-0.3, -0.25) is 9.59 Å². The molecule has 3 fully saturated rings. The van der Waals surface area contributed by atoms with Crippen LogP contribution in [0.1, 0.15) is 51.0 Å². The molecule has 5 aliphatic rings. The number of fused-ring (bicyclic) bond motifs is 3. The predicted molar refractivity (Wildman–Crippen MR) is 124 cm³/mol. The Bertz CT molecular complexity index is 1070. The van der Waals surface area contributed by atoms with E-state index in [1.807, 2.05) is 36.4 Å². The van der Waals surface area contributed by atoms with Gasteiger partial charge in [0, 0.05) is 17.6 Å². The number of unbranched alkanes of at least 4 members (excludes halogenated alkanes) is 1. The molecule has 6 rings (SSSR count). The first-order chi connectivity index (χ1) is 15.9. The minimum absolute atomic E-state index is 0.0298. The van der Waals surface area contributed by atoms with Crippen molar-refractivity contribution in [3.63, 3.8) is 0 Å². The lowest BCUT2D eigenvalue weighted by molar-refractivity contribution is -0.221. The Hall–Kier alpha value is -2.95. The number of benzene rings is 1. The summed E-state index contributed by atoms with van der Waals surface area (Å²) in [5.74, 6) is -0.960. The lowest BCUT2D eigenvalue weighted by atomic mass is 9.35. The summed E-state index contributed by atoms with van der Waals surface area (Å²) in [5, 5.41) is 0. The van der Waals surface area contributed by atoms with E-state index in [4.69, 9.17) is 9.47 Å². The molecule has 1 aromatic rings. The first-order valence-corrected chi connectivity index (χ1v) is 12.0. The number of carbonyl (C=O) groups excluding carboxylic acids is 3. The molecule has 5 atom stereocenters. The van der Waals surface area contributed by atoms with Gasteiger partial charge in [0.15, 0.2) is 5.78 Å². The number of carbonyl (C=O) groups is 3. The van der Waals surface area contributed by atoms with Gasteiger partial charge in [-0.15, -0.1) is 0 Å². The first-order valence-electron chi connectivity index (χ1n) is 12.0. The summed E-state index contributed by atoms with van der Waals surface area (Å²) in [4.78, 5) is 39.8. The summed E-state index contributed by atoms with van der Waals surface area (Å²) < 4.78 is 11.6. The van der Waals surface area contributed by atoms with E-state index < -0.39 is 22.9 Å². The third kappa shape index (κ3) is 3.16. The summed E-state index contributed by atoms with van der Waals surface area (Å²) in [6, 6.07) is 9.55. The number of esters is 2. The van der Waals surface area contributed by atoms with Crippen LogP contribution in [0.15, 0.2) is 60.2 Å². The molecule has 1 aromatic carbocycles. The zero-order valence-electron chi connectivity index (χ0n) is 19.0. The van der Waals surface area contributed by atoms with E-state index in [1.54, 1.807) is 6.08 Å². The highest BCUT2D eigenvalue weighted by atomic mass is 16.5. The van der Waals surface area contributed by atoms with Crippen molar-refractivity contribution in [2.24, 2.45) is 22.7 Å². The SMILES string of the molecule is C=C1C=C2C[C@@]3(C1=O)C2[C@@]1(CCCC)C(=O)OCCC1C[C@H]3OC(=O)/C=C/c1ccccc1. The average Bonchev–Trinajstić information content (AvgIpc) is 2.80. The highest BCUT2D eigenvalue weighted by molar-refractivity contribution is 6.07. The van der Waals surface area contributed by atoms with Gasteiger partial charge in [0.05, 0.1) is 17.4 Å². The Morgan fingerprint density at radius 3 is 2.82 bits per heavy atom. The van der Waals surface area contributed by atoms with E-state index in [9.17, 15) is 14.4 Å². The molecule has 1 saturated heterocycles. The van der Waals surface area contributed by atoms with Gasteiger partial charge in [-0.25, -0.2) is 4.79 Å². The highest BCUT2D eigenvalue weighted by Crippen LogP contribution is 2.72. The van der Waals surface area contributed by atoms with Crippen LogP contribution in [0.5, 0.6) is 0 Å². The van der Waals surface area contributed by atoms with Crippen LogP contribution in [0.4, 0.5) is 0 Å². The summed E-state index contributed by atoms with van der Waals surface area (Å²) in [6.07, 6.45) is 8.77. The molecule has 1 heterocycles. The zero-order valence-corrected chi connectivity index (χ0v) is 19.0. The topological polar surface area (TPSA) is 69.7 Å². The molecule has 5 nitrogen and oxygen atoms in total. The molecule has 172 valence electrons. The number of hydrogen-bond acceptors (Lipinski definition) is 5. The Morgan fingerprint density at radius 2 is 2.06 bits per heavy atom. The largest absolute Gasteiger partial charge is 0.465 e. The van der Waals surface area contributed by atoms with Crippen LogP contribution in [-0.4, -0.2) is 30.4 Å². The summed E-state index contributed by atoms with van der Waals surface area (Å²) in [7, 11) is 0. The standard InChI is InChI=1S/C28H30O5/c1-3-4-13-27-21(12-14-32-26(27)31)16-22(28-17-20(24(27)28)15-18(2)25(28)30)33-23(29)11-10-19-8-6-5-7-9-19/h5-11,15,21-22,24H,2-4,12-14,16-17H2,1H3/b11-10+/t21?,22-,24?,27+,28+/m1/s1. The fraction of sp³-hybridized carbons (Fsp3) is 0.464. The molecule has 2 bridgehead atoms. The number of ether oxygens (including phenoxy) is 2. The van der Waals surface area contributed by atoms with Crippen molar-refractivity contribution in [1.29, 1.82) is 0 Å². The normalized spacial score (nSPS) is 34.6. The van der Waals surface area contributed by atoms with Gasteiger partial charge in [0.1, 0.15) is 6.10 Å². The quantitative estimate of drug-likeness (QED) is 0.463. The molecule has 33 heavy (non-hydrogen) atoms. The molecule has 0 aromatic heterocycles. The van der Waals surface area contributed by atoms with Crippen LogP contribution in [0.2, 0.25) is 0 Å². The Morgan fingerprint density at radius 1 is 1.27 bits per heavy atom. The van der Waals surface area contributed by atoms with E-state index in [2.05, 4.69) is 13.5 Å². The minimum Gasteiger partial charge on any atom is -0.465 e. The van der Waals surface area contributed by atoms with Crippen LogP contribution in [0, 0.1) is 22.7 Å². The number of hydrogen-bond donors (Lipinski definition) is 0. The molecular weight excluding hydrogens is 416 g/mol. The molecule has 1 aliphatic heterocycles. The second-order valence-corrected chi connectivity index (χ2v) is 9.89. The lowest BCUT2D eigenvalue weighted by Crippen LogP contribution is -2.72. The molecule has 0 N–H and O–H groups in total. The monoisotopic (exact) mass is 446 g/mol. The van der Waals surface area contributed by atoms with Gasteiger partial charge in [0.25, 0.3) is 0 Å². The number of allylic oxidation sites excluding steroid dienone is 3. The summed E-state index contributed by atoms with van der Waals surface area (Å²) in [5.41, 5.74) is 0.815. The fourth-order valence-corrected chi connectivity index (χ4v) is 6.90. The fourth-order valence-electron chi connectivity index (χ4n) is 6.90. The summed E-state index contributed by atoms with van der Waals surface area (Å²) in [6.45, 7) is 6.45. The van der Waals surface area contributed by atoms with Crippen LogP contribution >= 0.6 is 0 Å². The van der Waals surface area contributed by atoms with Crippen molar-refractivity contribution >= 4 is 23.8 Å². The van der Waals surface area contributed by atoms with Gasteiger partial charge < -0.3 is 9.47 Å². The molecule has 2 saturated carbocycles. The van der Waals surface area contributed by atoms with Crippen LogP contribution in [0.3, 0.4) is 0 Å². The molecule has 0 radical (unpaired) electrons. The van der Waals surface area contributed by atoms with Crippen LogP contribution in [0.25, 0.3) is 6.08 Å². The van der Waals surface area contributed by atoms with Crippen molar-refractivity contribution in [3.05, 3.63) is 65.8 Å². The average molecular weight is 447 g/mol. The molecule has 1 spiro atoms. The predicted octanol–water partition coefficient (Wildman–Crippen LogP) is 4.83. The maximum atomic E-state index is 13.6. The van der Waals surface area contributed by atoms with Crippen LogP contribution in [-0.2, 0) is 23.9 Å². The smallest absolute Gasteiger partial charge is 0.331 e. The van der Waals surface area contributed by atoms with Crippen LogP contribution < -0.4 is 0 Å². The molecule has 0 amide bonds. The van der Waals surface area contributed by atoms with Crippen molar-refractivity contribution in [2.45, 2.75) is 51.6 Å². The van der Waals surface area contributed by atoms with E-state index in [1.165, 1.54) is 6.08 Å². The second kappa shape index (κ2) is 8.12. The number of rotatable bonds is 6. The third-order valence-electron chi connectivity index (χ3n) is 8.27. The van der Waals surface area contributed by atoms with Gasteiger partial charge in [-0.1, -0.05) is 68.3 Å². The Balaban J connectivity index is 1.50. The van der Waals surface area contributed by atoms with E-state index in [0.717, 1.165) is 30.4 Å². The summed E-state index contributed by atoms with van der Waals surface area (Å²) >= 11 is 0. The third-order valence-corrected chi connectivity index (χ3v) is 8.27. The van der Waals surface area contributed by atoms with E-state index >= 15 is 0 Å². The Kier molecular flexibility index (Phi) is 5.38. The number of Topliss-reactive ketones (excluding diaryl/α,β-unsaturated/α-hetero) is 1. The molecular formula is C28H30O5. The Labute approximate surface area is 194 Å². The molecule has 5 heteroatoms. The van der Waals surface area contributed by atoms with Gasteiger partial charge in [-0.05, 0) is 43.2 Å². The maximum Gasteiger partial charge on any atom is 0.331 e. The molecule has 4 aliphatic carbocycles. The second-order valence-electron chi connectivity index (χ2n) is 9.89. The first kappa shape index (κ1) is 21.9. The molecule has 2 unspecified atom stereocenters. The van der Waals surface area contributed by atoms with E-state index in [-0.39, 0.29) is 23.6 Å². The lowest BCUT2D eigenvalue weighted by Gasteiger charge is -2.67. The van der Waals surface area contributed by atoms with Crippen molar-refractivity contribution in [2.75, 3.05) is 6.61 Å². The van der Waals surface area contributed by atoms with E-state index in [0.29, 0.717) is 31.4 Å². The highest BCUT2D eigenvalue weighted by Gasteiger charge is 2.76. The van der Waals surface area contributed by atoms with Gasteiger partial charge >= 0.3 is 11.9 Å². The van der Waals surface area contributed by atoms with Gasteiger partial charge in [0.2, 0.25) is 0 Å². The minimum atomic E-state index is -0.905.